The van der Waals surface area contributed by atoms with Gasteiger partial charge in [0.2, 0.25) is 0 Å². The molecule has 2 aliphatic carbocycles. The Morgan fingerprint density at radius 3 is 2.65 bits per heavy atom. The molecule has 4 rings (SSSR count). The molecule has 0 radical (unpaired) electrons. The molecule has 1 aromatic rings. The average molecular weight is 274 g/mol. The molecule has 0 aromatic carbocycles. The van der Waals surface area contributed by atoms with Crippen LogP contribution in [0.15, 0.2) is 0 Å². The lowest BCUT2D eigenvalue weighted by Gasteiger charge is -2.38. The minimum Gasteiger partial charge on any atom is -0.312 e. The molecule has 1 N–H and O–H groups in total. The molecular weight excluding hydrogens is 248 g/mol. The Bertz CT molecular complexity index is 501. The Morgan fingerprint density at radius 2 is 1.90 bits per heavy atom. The molecule has 2 heterocycles. The van der Waals surface area contributed by atoms with Crippen LogP contribution < -0.4 is 5.32 Å². The summed E-state index contributed by atoms with van der Waals surface area (Å²) in [5.74, 6) is 3.90. The summed E-state index contributed by atoms with van der Waals surface area (Å²) in [7, 11) is 0. The van der Waals surface area contributed by atoms with Crippen molar-refractivity contribution in [2.45, 2.75) is 70.9 Å². The van der Waals surface area contributed by atoms with E-state index >= 15 is 0 Å². The second-order valence-electron chi connectivity index (χ2n) is 7.62. The standard InChI is InChI=1S/C16H26N4/c1-16(2)8-4-3-5-12(16)14-18-19-15-13(11-6-7-11)17-9-10-20(14)15/h11-13,17H,3-10H2,1-2H3. The van der Waals surface area contributed by atoms with Crippen LogP contribution in [0.25, 0.3) is 0 Å². The van der Waals surface area contributed by atoms with Gasteiger partial charge in [0, 0.05) is 19.0 Å². The van der Waals surface area contributed by atoms with Gasteiger partial charge in [-0.05, 0) is 37.0 Å². The number of nitrogens with one attached hydrogen (secondary N) is 1. The molecule has 20 heavy (non-hydrogen) atoms. The van der Waals surface area contributed by atoms with E-state index in [9.17, 15) is 0 Å². The zero-order valence-corrected chi connectivity index (χ0v) is 12.7. The first-order chi connectivity index (χ1) is 9.67. The van der Waals surface area contributed by atoms with Crippen molar-refractivity contribution in [3.63, 3.8) is 0 Å². The highest BCUT2D eigenvalue weighted by Gasteiger charge is 2.41. The maximum Gasteiger partial charge on any atom is 0.150 e. The number of rotatable bonds is 2. The van der Waals surface area contributed by atoms with Gasteiger partial charge in [-0.2, -0.15) is 0 Å². The van der Waals surface area contributed by atoms with Gasteiger partial charge in [-0.1, -0.05) is 26.7 Å². The minimum atomic E-state index is 0.377. The summed E-state index contributed by atoms with van der Waals surface area (Å²) in [5, 5.41) is 12.9. The van der Waals surface area contributed by atoms with Crippen LogP contribution in [0.4, 0.5) is 0 Å². The number of hydrogen-bond donors (Lipinski definition) is 1. The van der Waals surface area contributed by atoms with Gasteiger partial charge in [0.1, 0.15) is 5.82 Å². The Labute approximate surface area is 121 Å². The zero-order valence-electron chi connectivity index (χ0n) is 12.7. The van der Waals surface area contributed by atoms with Gasteiger partial charge in [-0.15, -0.1) is 10.2 Å². The predicted molar refractivity (Wildman–Crippen MR) is 78.5 cm³/mol. The van der Waals surface area contributed by atoms with Crippen LogP contribution in [0.5, 0.6) is 0 Å². The third kappa shape index (κ3) is 2.00. The SMILES string of the molecule is CC1(C)CCCCC1c1nnc2n1CCNC2C1CC1. The normalized spacial score (nSPS) is 32.9. The van der Waals surface area contributed by atoms with Gasteiger partial charge in [0.05, 0.1) is 6.04 Å². The largest absolute Gasteiger partial charge is 0.312 e. The lowest BCUT2D eigenvalue weighted by Crippen LogP contribution is -2.37. The van der Waals surface area contributed by atoms with E-state index < -0.39 is 0 Å². The first kappa shape index (κ1) is 12.8. The summed E-state index contributed by atoms with van der Waals surface area (Å²) in [5.41, 5.74) is 0.377. The van der Waals surface area contributed by atoms with Crippen molar-refractivity contribution >= 4 is 0 Å². The van der Waals surface area contributed by atoms with Crippen LogP contribution in [0.2, 0.25) is 0 Å². The molecule has 2 unspecified atom stereocenters. The summed E-state index contributed by atoms with van der Waals surface area (Å²) in [4.78, 5) is 0. The molecule has 0 amide bonds. The van der Waals surface area contributed by atoms with Crippen LogP contribution in [-0.4, -0.2) is 21.3 Å². The smallest absolute Gasteiger partial charge is 0.150 e. The highest BCUT2D eigenvalue weighted by atomic mass is 15.3. The fourth-order valence-corrected chi connectivity index (χ4v) is 4.25. The summed E-state index contributed by atoms with van der Waals surface area (Å²) in [6.45, 7) is 6.95. The Morgan fingerprint density at radius 1 is 1.10 bits per heavy atom. The second kappa shape index (κ2) is 4.55. The van der Waals surface area contributed by atoms with E-state index in [1.165, 1.54) is 50.2 Å². The molecule has 4 nitrogen and oxygen atoms in total. The minimum absolute atomic E-state index is 0.377. The fraction of sp³-hybridized carbons (Fsp3) is 0.875. The van der Waals surface area contributed by atoms with Gasteiger partial charge >= 0.3 is 0 Å². The lowest BCUT2D eigenvalue weighted by molar-refractivity contribution is 0.186. The molecule has 3 aliphatic rings. The molecule has 0 bridgehead atoms. The van der Waals surface area contributed by atoms with Crippen molar-refractivity contribution in [1.82, 2.24) is 20.1 Å². The number of aromatic nitrogens is 3. The Kier molecular flexibility index (Phi) is 2.92. The van der Waals surface area contributed by atoms with Crippen LogP contribution >= 0.6 is 0 Å². The van der Waals surface area contributed by atoms with Gasteiger partial charge in [-0.3, -0.25) is 0 Å². The van der Waals surface area contributed by atoms with E-state index in [1.54, 1.807) is 0 Å². The predicted octanol–water partition coefficient (Wildman–Crippen LogP) is 3.02. The summed E-state index contributed by atoms with van der Waals surface area (Å²) < 4.78 is 2.46. The van der Waals surface area contributed by atoms with E-state index in [0.717, 1.165) is 19.0 Å². The highest BCUT2D eigenvalue weighted by Crippen LogP contribution is 2.47. The molecule has 2 atom stereocenters. The van der Waals surface area contributed by atoms with Crippen molar-refractivity contribution in [3.8, 4) is 0 Å². The third-order valence-electron chi connectivity index (χ3n) is 5.70. The van der Waals surface area contributed by atoms with E-state index in [2.05, 4.69) is 33.9 Å². The third-order valence-corrected chi connectivity index (χ3v) is 5.70. The van der Waals surface area contributed by atoms with Crippen LogP contribution in [0.1, 0.15) is 76.0 Å². The maximum absolute atomic E-state index is 4.65. The monoisotopic (exact) mass is 274 g/mol. The van der Waals surface area contributed by atoms with E-state index in [1.807, 2.05) is 0 Å². The summed E-state index contributed by atoms with van der Waals surface area (Å²) in [6, 6.07) is 0.469. The summed E-state index contributed by atoms with van der Waals surface area (Å²) in [6.07, 6.45) is 8.04. The number of nitrogens with zero attached hydrogens (tertiary/aromatic N) is 3. The van der Waals surface area contributed by atoms with Crippen LogP contribution in [0, 0.1) is 11.3 Å². The molecule has 110 valence electrons. The molecule has 1 aromatic heterocycles. The first-order valence-electron chi connectivity index (χ1n) is 8.33. The molecular formula is C16H26N4. The fourth-order valence-electron chi connectivity index (χ4n) is 4.25. The molecule has 0 saturated heterocycles. The van der Waals surface area contributed by atoms with Gasteiger partial charge < -0.3 is 9.88 Å². The van der Waals surface area contributed by atoms with Crippen LogP contribution in [0.3, 0.4) is 0 Å². The van der Waals surface area contributed by atoms with Gasteiger partial charge in [0.25, 0.3) is 0 Å². The number of hydrogen-bond acceptors (Lipinski definition) is 3. The molecule has 1 aliphatic heterocycles. The number of fused-ring (bicyclic) bond motifs is 1. The van der Waals surface area contributed by atoms with E-state index in [0.29, 0.717) is 17.4 Å². The van der Waals surface area contributed by atoms with E-state index in [-0.39, 0.29) is 0 Å². The Hall–Kier alpha value is -0.900. The average Bonchev–Trinajstić information content (AvgIpc) is 3.18. The van der Waals surface area contributed by atoms with Crippen molar-refractivity contribution in [3.05, 3.63) is 11.6 Å². The van der Waals surface area contributed by atoms with Crippen molar-refractivity contribution < 1.29 is 0 Å². The van der Waals surface area contributed by atoms with Crippen molar-refractivity contribution in [2.75, 3.05) is 6.54 Å². The topological polar surface area (TPSA) is 42.7 Å². The quantitative estimate of drug-likeness (QED) is 0.901. The van der Waals surface area contributed by atoms with Crippen molar-refractivity contribution in [1.29, 1.82) is 0 Å². The molecule has 2 fully saturated rings. The van der Waals surface area contributed by atoms with Gasteiger partial charge in [-0.25, -0.2) is 0 Å². The maximum atomic E-state index is 4.65. The van der Waals surface area contributed by atoms with E-state index in [4.69, 9.17) is 0 Å². The summed E-state index contributed by atoms with van der Waals surface area (Å²) >= 11 is 0. The van der Waals surface area contributed by atoms with Gasteiger partial charge in [0.15, 0.2) is 5.82 Å². The lowest BCUT2D eigenvalue weighted by atomic mass is 9.68. The molecule has 0 spiro atoms. The van der Waals surface area contributed by atoms with Crippen LogP contribution in [-0.2, 0) is 6.54 Å². The highest BCUT2D eigenvalue weighted by molar-refractivity contribution is 5.14. The zero-order chi connectivity index (χ0) is 13.7. The second-order valence-corrected chi connectivity index (χ2v) is 7.62. The van der Waals surface area contributed by atoms with Crippen molar-refractivity contribution in [2.24, 2.45) is 11.3 Å². The molecule has 4 heteroatoms. The first-order valence-corrected chi connectivity index (χ1v) is 8.33. The molecule has 2 saturated carbocycles. The Balaban J connectivity index is 1.69.